The average molecular weight is 420 g/mol. The van der Waals surface area contributed by atoms with Crippen molar-refractivity contribution in [1.82, 2.24) is 19.9 Å². The van der Waals surface area contributed by atoms with Gasteiger partial charge in [-0.15, -0.1) is 0 Å². The van der Waals surface area contributed by atoms with Gasteiger partial charge in [0.15, 0.2) is 11.6 Å². The van der Waals surface area contributed by atoms with Crippen LogP contribution >= 0.6 is 0 Å². The molecule has 10 heteroatoms. The van der Waals surface area contributed by atoms with Crippen LogP contribution in [0.25, 0.3) is 11.4 Å². The highest BCUT2D eigenvalue weighted by atomic mass is 16.3. The normalized spacial score (nSPS) is 18.4. The SMILES string of the molecule is NC(=O)c1c(O)nc(N[C@@H]2CCCC[C@@H]2N)nc1Nc1cccc(-c2ncccn2)c1. The van der Waals surface area contributed by atoms with Gasteiger partial charge in [0.05, 0.1) is 0 Å². The van der Waals surface area contributed by atoms with E-state index in [0.717, 1.165) is 31.2 Å². The van der Waals surface area contributed by atoms with E-state index in [1.54, 1.807) is 24.5 Å². The minimum absolute atomic E-state index is 0.0148. The van der Waals surface area contributed by atoms with Crippen LogP contribution in [0.1, 0.15) is 36.0 Å². The van der Waals surface area contributed by atoms with Crippen LogP contribution in [-0.2, 0) is 0 Å². The molecule has 1 amide bonds. The van der Waals surface area contributed by atoms with E-state index in [1.807, 2.05) is 18.2 Å². The van der Waals surface area contributed by atoms with Gasteiger partial charge in [0.2, 0.25) is 11.8 Å². The maximum Gasteiger partial charge on any atom is 0.258 e. The highest BCUT2D eigenvalue weighted by Crippen LogP contribution is 2.29. The average Bonchev–Trinajstić information content (AvgIpc) is 2.76. The molecule has 2 heterocycles. The third kappa shape index (κ3) is 4.69. The number of carbonyl (C=O) groups excluding carboxylic acids is 1. The molecule has 0 radical (unpaired) electrons. The number of carbonyl (C=O) groups is 1. The van der Waals surface area contributed by atoms with E-state index in [0.29, 0.717) is 11.5 Å². The van der Waals surface area contributed by atoms with Gasteiger partial charge in [-0.3, -0.25) is 4.79 Å². The van der Waals surface area contributed by atoms with Crippen molar-refractivity contribution in [3.05, 3.63) is 48.3 Å². The lowest BCUT2D eigenvalue weighted by Crippen LogP contribution is -2.43. The largest absolute Gasteiger partial charge is 0.493 e. The van der Waals surface area contributed by atoms with Crippen molar-refractivity contribution in [3.63, 3.8) is 0 Å². The topological polar surface area (TPSA) is 165 Å². The van der Waals surface area contributed by atoms with Gasteiger partial charge in [-0.25, -0.2) is 9.97 Å². The number of rotatable bonds is 6. The molecule has 31 heavy (non-hydrogen) atoms. The maximum atomic E-state index is 12.0. The summed E-state index contributed by atoms with van der Waals surface area (Å²) in [4.78, 5) is 28.8. The van der Waals surface area contributed by atoms with Crippen LogP contribution in [0.2, 0.25) is 0 Å². The second kappa shape index (κ2) is 8.92. The predicted octanol–water partition coefficient (Wildman–Crippen LogP) is 2.16. The molecule has 2 aromatic heterocycles. The standard InChI is InChI=1S/C21H24N8O2/c22-14-7-1-2-8-15(14)27-21-28-19(16(17(23)30)20(31)29-21)26-13-6-3-5-12(11-13)18-24-9-4-10-25-18/h3-6,9-11,14-15H,1-2,7-8,22H2,(H2,23,30)(H3,26,27,28,29,31)/t14-,15+/m0/s1. The number of amides is 1. The molecule has 7 N–H and O–H groups in total. The molecule has 0 bridgehead atoms. The van der Waals surface area contributed by atoms with Crippen molar-refractivity contribution < 1.29 is 9.90 Å². The third-order valence-electron chi connectivity index (χ3n) is 5.22. The van der Waals surface area contributed by atoms with Gasteiger partial charge in [-0.2, -0.15) is 9.97 Å². The van der Waals surface area contributed by atoms with E-state index in [-0.39, 0.29) is 29.4 Å². The number of aromatic hydroxyl groups is 1. The molecule has 0 spiro atoms. The van der Waals surface area contributed by atoms with Gasteiger partial charge >= 0.3 is 0 Å². The molecule has 2 atom stereocenters. The van der Waals surface area contributed by atoms with E-state index in [9.17, 15) is 9.90 Å². The van der Waals surface area contributed by atoms with Gasteiger partial charge in [-0.1, -0.05) is 25.0 Å². The minimum Gasteiger partial charge on any atom is -0.493 e. The zero-order valence-corrected chi connectivity index (χ0v) is 16.8. The Balaban J connectivity index is 1.65. The first-order valence-corrected chi connectivity index (χ1v) is 10.1. The molecule has 160 valence electrons. The van der Waals surface area contributed by atoms with Crippen molar-refractivity contribution in [2.24, 2.45) is 11.5 Å². The number of nitrogens with two attached hydrogens (primary N) is 2. The Morgan fingerprint density at radius 1 is 1.10 bits per heavy atom. The molecular weight excluding hydrogens is 396 g/mol. The molecule has 1 saturated carbocycles. The first-order chi connectivity index (χ1) is 15.0. The Hall–Kier alpha value is -3.79. The molecule has 0 unspecified atom stereocenters. The predicted molar refractivity (Wildman–Crippen MR) is 117 cm³/mol. The Kier molecular flexibility index (Phi) is 5.89. The number of primary amides is 1. The summed E-state index contributed by atoms with van der Waals surface area (Å²) in [5, 5.41) is 16.6. The summed E-state index contributed by atoms with van der Waals surface area (Å²) in [6.07, 6.45) is 7.23. The summed E-state index contributed by atoms with van der Waals surface area (Å²) in [6, 6.07) is 8.97. The first kappa shape index (κ1) is 20.5. The summed E-state index contributed by atoms with van der Waals surface area (Å²) in [6.45, 7) is 0. The summed E-state index contributed by atoms with van der Waals surface area (Å²) in [5.74, 6) is -0.517. The molecule has 3 aromatic rings. The van der Waals surface area contributed by atoms with Crippen LogP contribution < -0.4 is 22.1 Å². The van der Waals surface area contributed by atoms with Gasteiger partial charge in [-0.05, 0) is 31.0 Å². The van der Waals surface area contributed by atoms with Crippen LogP contribution in [0.3, 0.4) is 0 Å². The second-order valence-electron chi connectivity index (χ2n) is 7.44. The number of benzene rings is 1. The zero-order valence-electron chi connectivity index (χ0n) is 16.8. The molecule has 0 saturated heterocycles. The van der Waals surface area contributed by atoms with Crippen LogP contribution in [0, 0.1) is 0 Å². The van der Waals surface area contributed by atoms with Gasteiger partial charge in [0.25, 0.3) is 5.91 Å². The fraction of sp³-hybridized carbons (Fsp3) is 0.286. The fourth-order valence-electron chi connectivity index (χ4n) is 3.66. The lowest BCUT2D eigenvalue weighted by Gasteiger charge is -2.29. The minimum atomic E-state index is -0.844. The molecule has 1 aliphatic rings. The molecule has 1 aromatic carbocycles. The number of nitrogens with one attached hydrogen (secondary N) is 2. The first-order valence-electron chi connectivity index (χ1n) is 10.1. The lowest BCUT2D eigenvalue weighted by molar-refractivity contribution is 0.0997. The van der Waals surface area contributed by atoms with Crippen LogP contribution in [0.15, 0.2) is 42.7 Å². The number of anilines is 3. The smallest absolute Gasteiger partial charge is 0.258 e. The highest BCUT2D eigenvalue weighted by molar-refractivity contribution is 6.00. The van der Waals surface area contributed by atoms with Crippen molar-refractivity contribution in [2.45, 2.75) is 37.8 Å². The quantitative estimate of drug-likeness (QED) is 0.402. The molecule has 1 aliphatic carbocycles. The number of hydrogen-bond acceptors (Lipinski definition) is 9. The summed E-state index contributed by atoms with van der Waals surface area (Å²) >= 11 is 0. The van der Waals surface area contributed by atoms with Crippen molar-refractivity contribution >= 4 is 23.4 Å². The molecular formula is C21H24N8O2. The molecule has 0 aliphatic heterocycles. The number of aromatic nitrogens is 4. The zero-order chi connectivity index (χ0) is 21.8. The summed E-state index contributed by atoms with van der Waals surface area (Å²) in [5.41, 5.74) is 12.9. The van der Waals surface area contributed by atoms with Crippen molar-refractivity contribution in [3.8, 4) is 17.3 Å². The highest BCUT2D eigenvalue weighted by Gasteiger charge is 2.25. The Bertz CT molecular complexity index is 1080. The Morgan fingerprint density at radius 3 is 2.61 bits per heavy atom. The summed E-state index contributed by atoms with van der Waals surface area (Å²) in [7, 11) is 0. The third-order valence-corrected chi connectivity index (χ3v) is 5.22. The monoisotopic (exact) mass is 420 g/mol. The van der Waals surface area contributed by atoms with Crippen LogP contribution in [0.4, 0.5) is 17.5 Å². The van der Waals surface area contributed by atoms with Crippen LogP contribution in [-0.4, -0.2) is 43.0 Å². The molecule has 1 fully saturated rings. The van der Waals surface area contributed by atoms with Gasteiger partial charge in [0, 0.05) is 35.7 Å². The maximum absolute atomic E-state index is 12.0. The molecule has 10 nitrogen and oxygen atoms in total. The summed E-state index contributed by atoms with van der Waals surface area (Å²) < 4.78 is 0. The van der Waals surface area contributed by atoms with E-state index in [2.05, 4.69) is 30.6 Å². The number of hydrogen-bond donors (Lipinski definition) is 5. The second-order valence-corrected chi connectivity index (χ2v) is 7.44. The number of nitrogens with zero attached hydrogens (tertiary/aromatic N) is 4. The van der Waals surface area contributed by atoms with E-state index in [4.69, 9.17) is 11.5 Å². The van der Waals surface area contributed by atoms with Gasteiger partial charge in [0.1, 0.15) is 5.56 Å². The van der Waals surface area contributed by atoms with Crippen LogP contribution in [0.5, 0.6) is 5.88 Å². The Labute approximate surface area is 179 Å². The van der Waals surface area contributed by atoms with E-state index < -0.39 is 11.8 Å². The van der Waals surface area contributed by atoms with E-state index in [1.165, 1.54) is 0 Å². The molecule has 4 rings (SSSR count). The fourth-order valence-corrected chi connectivity index (χ4v) is 3.66. The van der Waals surface area contributed by atoms with E-state index >= 15 is 0 Å². The van der Waals surface area contributed by atoms with Gasteiger partial charge < -0.3 is 27.2 Å². The van der Waals surface area contributed by atoms with Crippen molar-refractivity contribution in [2.75, 3.05) is 10.6 Å². The lowest BCUT2D eigenvalue weighted by atomic mass is 9.91. The Morgan fingerprint density at radius 2 is 1.87 bits per heavy atom. The van der Waals surface area contributed by atoms with Crippen molar-refractivity contribution in [1.29, 1.82) is 0 Å².